The Morgan fingerprint density at radius 3 is 1.81 bits per heavy atom. The number of rotatable bonds is 9. The number of sulfonamides is 1. The Kier molecular flexibility index (Phi) is 6.81. The van der Waals surface area contributed by atoms with Crippen molar-refractivity contribution in [3.05, 3.63) is 60.2 Å². The maximum absolute atomic E-state index is 12.8. The first-order valence-electron chi connectivity index (χ1n) is 7.61. The van der Waals surface area contributed by atoms with Gasteiger partial charge in [-0.2, -0.15) is 8.42 Å². The van der Waals surface area contributed by atoms with Crippen LogP contribution in [0.5, 0.6) is 0 Å². The highest BCUT2D eigenvalue weighted by Crippen LogP contribution is 2.13. The molecule has 10 heteroatoms. The van der Waals surface area contributed by atoms with Gasteiger partial charge in [0.1, 0.15) is 11.6 Å². The Labute approximate surface area is 151 Å². The number of hydrogen-bond acceptors (Lipinski definition) is 5. The molecule has 2 aromatic carbocycles. The van der Waals surface area contributed by atoms with Crippen LogP contribution >= 0.6 is 0 Å². The second-order valence-electron chi connectivity index (χ2n) is 5.29. The Balaban J connectivity index is 1.75. The summed E-state index contributed by atoms with van der Waals surface area (Å²) < 4.78 is 80.4. The molecule has 0 radical (unpaired) electrons. The van der Waals surface area contributed by atoms with Gasteiger partial charge < -0.3 is 0 Å². The molecule has 0 aliphatic rings. The first-order valence-corrected chi connectivity index (χ1v) is 10.5. The number of halogens is 2. The average molecular weight is 405 g/mol. The first kappa shape index (κ1) is 20.4. The van der Waals surface area contributed by atoms with Gasteiger partial charge in [0.05, 0.1) is 16.4 Å². The minimum atomic E-state index is -3.98. The fourth-order valence-corrected chi connectivity index (χ4v) is 3.99. The maximum atomic E-state index is 12.8. The summed E-state index contributed by atoms with van der Waals surface area (Å²) in [6.45, 7) is -0.0718. The maximum Gasteiger partial charge on any atom is 0.296 e. The van der Waals surface area contributed by atoms with Crippen molar-refractivity contribution in [2.75, 3.05) is 13.2 Å². The van der Waals surface area contributed by atoms with Gasteiger partial charge in [-0.05, 0) is 61.4 Å². The molecule has 0 amide bonds. The molecule has 142 valence electrons. The molecule has 26 heavy (non-hydrogen) atoms. The predicted molar refractivity (Wildman–Crippen MR) is 90.4 cm³/mol. The molecule has 0 atom stereocenters. The molecule has 0 heterocycles. The summed E-state index contributed by atoms with van der Waals surface area (Å²) in [5.41, 5.74) is 0. The van der Waals surface area contributed by atoms with Crippen LogP contribution in [0, 0.1) is 11.6 Å². The summed E-state index contributed by atoms with van der Waals surface area (Å²) in [5.74, 6) is -1.10. The van der Waals surface area contributed by atoms with Crippen molar-refractivity contribution in [3.63, 3.8) is 0 Å². The van der Waals surface area contributed by atoms with Crippen molar-refractivity contribution < 1.29 is 29.8 Å². The van der Waals surface area contributed by atoms with Gasteiger partial charge in [-0.15, -0.1) is 0 Å². The van der Waals surface area contributed by atoms with Crippen molar-refractivity contribution in [1.29, 1.82) is 0 Å². The standard InChI is InChI=1S/C16H17F2NO5S2/c17-13-3-7-15(8-4-13)25(20,21)19-11-1-2-12-24-26(22,23)16-9-5-14(18)6-10-16/h3-10,19H,1-2,11-12H2. The molecule has 2 aromatic rings. The molecular formula is C16H17F2NO5S2. The van der Waals surface area contributed by atoms with Crippen LogP contribution in [-0.2, 0) is 24.3 Å². The molecule has 0 fully saturated rings. The van der Waals surface area contributed by atoms with Gasteiger partial charge in [0.25, 0.3) is 10.1 Å². The topological polar surface area (TPSA) is 89.5 Å². The van der Waals surface area contributed by atoms with E-state index in [0.29, 0.717) is 6.42 Å². The molecule has 1 N–H and O–H groups in total. The summed E-state index contributed by atoms with van der Waals surface area (Å²) in [6.07, 6.45) is 0.617. The number of unbranched alkanes of at least 4 members (excludes halogenated alkanes) is 1. The second kappa shape index (κ2) is 8.67. The summed E-state index contributed by atoms with van der Waals surface area (Å²) in [5, 5.41) is 0. The Bertz CT molecular complexity index is 848. The molecule has 0 saturated carbocycles. The lowest BCUT2D eigenvalue weighted by atomic mass is 10.3. The molecule has 0 saturated heterocycles. The quantitative estimate of drug-likeness (QED) is 0.511. The summed E-state index contributed by atoms with van der Waals surface area (Å²) in [7, 11) is -7.73. The van der Waals surface area contributed by atoms with Crippen LogP contribution < -0.4 is 4.72 Å². The fraction of sp³-hybridized carbons (Fsp3) is 0.250. The first-order chi connectivity index (χ1) is 12.2. The molecule has 0 aliphatic heterocycles. The van der Waals surface area contributed by atoms with E-state index >= 15 is 0 Å². The van der Waals surface area contributed by atoms with Gasteiger partial charge in [0.2, 0.25) is 10.0 Å². The lowest BCUT2D eigenvalue weighted by molar-refractivity contribution is 0.308. The lowest BCUT2D eigenvalue weighted by Crippen LogP contribution is -2.25. The third-order valence-corrected chi connectivity index (χ3v) is 6.13. The zero-order chi connectivity index (χ0) is 19.2. The van der Waals surface area contributed by atoms with Crippen molar-refractivity contribution in [3.8, 4) is 0 Å². The number of benzene rings is 2. The van der Waals surface area contributed by atoms with Gasteiger partial charge in [-0.25, -0.2) is 21.9 Å². The van der Waals surface area contributed by atoms with Crippen molar-refractivity contribution in [2.24, 2.45) is 0 Å². The van der Waals surface area contributed by atoms with E-state index < -0.39 is 31.8 Å². The van der Waals surface area contributed by atoms with Crippen LogP contribution in [0.4, 0.5) is 8.78 Å². The van der Waals surface area contributed by atoms with Crippen LogP contribution in [0.25, 0.3) is 0 Å². The summed E-state index contributed by atoms with van der Waals surface area (Å²) in [6, 6.07) is 8.61. The van der Waals surface area contributed by atoms with Gasteiger partial charge in [0, 0.05) is 6.54 Å². The highest BCUT2D eigenvalue weighted by molar-refractivity contribution is 7.89. The molecule has 0 aliphatic carbocycles. The molecule has 0 spiro atoms. The van der Waals surface area contributed by atoms with E-state index in [9.17, 15) is 25.6 Å². The van der Waals surface area contributed by atoms with E-state index in [4.69, 9.17) is 4.18 Å². The van der Waals surface area contributed by atoms with E-state index in [2.05, 4.69) is 4.72 Å². The van der Waals surface area contributed by atoms with Crippen molar-refractivity contribution in [2.45, 2.75) is 22.6 Å². The SMILES string of the molecule is O=S(=O)(NCCCCOS(=O)(=O)c1ccc(F)cc1)c1ccc(F)cc1. The molecule has 2 rings (SSSR count). The van der Waals surface area contributed by atoms with Crippen molar-refractivity contribution in [1.82, 2.24) is 4.72 Å². The monoisotopic (exact) mass is 405 g/mol. The van der Waals surface area contributed by atoms with Crippen molar-refractivity contribution >= 4 is 20.1 Å². The number of hydrogen-bond donors (Lipinski definition) is 1. The minimum Gasteiger partial charge on any atom is -0.266 e. The smallest absolute Gasteiger partial charge is 0.266 e. The highest BCUT2D eigenvalue weighted by Gasteiger charge is 2.15. The molecule has 0 unspecified atom stereocenters. The molecule has 6 nitrogen and oxygen atoms in total. The average Bonchev–Trinajstić information content (AvgIpc) is 2.58. The van der Waals surface area contributed by atoms with E-state index in [1.165, 1.54) is 0 Å². The lowest BCUT2D eigenvalue weighted by Gasteiger charge is -2.08. The Morgan fingerprint density at radius 2 is 1.27 bits per heavy atom. The van der Waals surface area contributed by atoms with Crippen LogP contribution in [0.1, 0.15) is 12.8 Å². The van der Waals surface area contributed by atoms with Gasteiger partial charge in [-0.1, -0.05) is 0 Å². The van der Waals surface area contributed by atoms with Crippen LogP contribution in [0.2, 0.25) is 0 Å². The van der Waals surface area contributed by atoms with Gasteiger partial charge in [0.15, 0.2) is 0 Å². The molecular weight excluding hydrogens is 388 g/mol. The van der Waals surface area contributed by atoms with E-state index in [-0.39, 0.29) is 29.4 Å². The van der Waals surface area contributed by atoms with E-state index in [1.54, 1.807) is 0 Å². The third-order valence-electron chi connectivity index (χ3n) is 3.33. The summed E-state index contributed by atoms with van der Waals surface area (Å²) >= 11 is 0. The zero-order valence-corrected chi connectivity index (χ0v) is 15.2. The van der Waals surface area contributed by atoms with Gasteiger partial charge >= 0.3 is 0 Å². The van der Waals surface area contributed by atoms with Gasteiger partial charge in [-0.3, -0.25) is 4.18 Å². The second-order valence-corrected chi connectivity index (χ2v) is 8.67. The number of nitrogens with one attached hydrogen (secondary N) is 1. The predicted octanol–water partition coefficient (Wildman–Crippen LogP) is 2.43. The Morgan fingerprint density at radius 1 is 0.769 bits per heavy atom. The van der Waals surface area contributed by atoms with Crippen LogP contribution in [-0.4, -0.2) is 30.0 Å². The fourth-order valence-electron chi connectivity index (χ4n) is 1.97. The largest absolute Gasteiger partial charge is 0.296 e. The van der Waals surface area contributed by atoms with Crippen LogP contribution in [0.3, 0.4) is 0 Å². The Hall–Kier alpha value is -1.88. The third kappa shape index (κ3) is 5.84. The minimum absolute atomic E-state index is 0.0611. The zero-order valence-electron chi connectivity index (χ0n) is 13.6. The van der Waals surface area contributed by atoms with Crippen LogP contribution in [0.15, 0.2) is 58.3 Å². The normalized spacial score (nSPS) is 12.2. The van der Waals surface area contributed by atoms with E-state index in [1.807, 2.05) is 0 Å². The highest BCUT2D eigenvalue weighted by atomic mass is 32.2. The molecule has 0 bridgehead atoms. The van der Waals surface area contributed by atoms with E-state index in [0.717, 1.165) is 48.5 Å². The summed E-state index contributed by atoms with van der Waals surface area (Å²) in [4.78, 5) is -0.218. The molecule has 0 aromatic heterocycles.